The zero-order valence-corrected chi connectivity index (χ0v) is 27.6. The highest BCUT2D eigenvalue weighted by Gasteiger charge is 2.54. The van der Waals surface area contributed by atoms with Crippen LogP contribution in [0.1, 0.15) is 22.8 Å². The van der Waals surface area contributed by atoms with E-state index in [1.165, 1.54) is 33.3 Å². The molecule has 6 nitrogen and oxygen atoms in total. The molecule has 2 atom stereocenters. The molecule has 1 N–H and O–H groups in total. The molecule has 5 aromatic rings. The zero-order chi connectivity index (χ0) is 32.2. The second kappa shape index (κ2) is 14.0. The predicted molar refractivity (Wildman–Crippen MR) is 189 cm³/mol. The van der Waals surface area contributed by atoms with E-state index in [9.17, 15) is 14.4 Å². The lowest BCUT2D eigenvalue weighted by atomic mass is 10.0. The van der Waals surface area contributed by atoms with Gasteiger partial charge in [-0.3, -0.25) is 14.5 Å². The van der Waals surface area contributed by atoms with Gasteiger partial charge in [0.2, 0.25) is 5.91 Å². The molecule has 1 aromatic heterocycles. The Morgan fingerprint density at radius 1 is 0.830 bits per heavy atom. The minimum atomic E-state index is -0.727. The molecule has 0 aliphatic carbocycles. The Kier molecular flexibility index (Phi) is 9.28. The van der Waals surface area contributed by atoms with Crippen LogP contribution < -0.4 is 5.32 Å². The van der Waals surface area contributed by atoms with E-state index in [0.29, 0.717) is 5.75 Å². The first-order valence-corrected chi connectivity index (χ1v) is 17.9. The van der Waals surface area contributed by atoms with Gasteiger partial charge in [-0.15, -0.1) is 23.1 Å². The topological polar surface area (TPSA) is 75.7 Å². The molecule has 7 rings (SSSR count). The number of thiophene rings is 1. The number of fused-ring (bicyclic) bond motifs is 1. The predicted octanol–water partition coefficient (Wildman–Crippen LogP) is 7.69. The number of thioether (sulfide) groups is 2. The summed E-state index contributed by atoms with van der Waals surface area (Å²) >= 11 is 4.69. The van der Waals surface area contributed by atoms with Crippen LogP contribution in [0.25, 0.3) is 10.4 Å². The van der Waals surface area contributed by atoms with Gasteiger partial charge in [-0.25, -0.2) is 4.79 Å². The SMILES string of the molecule is O=C(Cc1ccccc1)N[C@@H]1C(=O)N2C(C(=O)OC(c3ccccc3)c3ccccc3)=C(Sc3ccc(-c4cccs4)cc3)CS[C@H]12. The summed E-state index contributed by atoms with van der Waals surface area (Å²) in [6.45, 7) is 0. The van der Waals surface area contributed by atoms with E-state index in [2.05, 4.69) is 28.9 Å². The maximum absolute atomic E-state index is 14.3. The molecule has 0 unspecified atom stereocenters. The smallest absolute Gasteiger partial charge is 0.356 e. The van der Waals surface area contributed by atoms with Crippen molar-refractivity contribution in [1.29, 1.82) is 0 Å². The summed E-state index contributed by atoms with van der Waals surface area (Å²) in [6, 6.07) is 40.2. The lowest BCUT2D eigenvalue weighted by molar-refractivity contribution is -0.154. The van der Waals surface area contributed by atoms with E-state index >= 15 is 0 Å². The van der Waals surface area contributed by atoms with E-state index in [0.717, 1.165) is 32.1 Å². The second-order valence-corrected chi connectivity index (χ2v) is 14.3. The molecule has 3 heterocycles. The van der Waals surface area contributed by atoms with Crippen LogP contribution in [0.2, 0.25) is 0 Å². The molecule has 0 bridgehead atoms. The lowest BCUT2D eigenvalue weighted by Gasteiger charge is -2.49. The summed E-state index contributed by atoms with van der Waals surface area (Å²) in [5.74, 6) is -0.643. The Hall–Kier alpha value is -4.57. The number of hydrogen-bond acceptors (Lipinski definition) is 7. The Bertz CT molecular complexity index is 1860. The quantitative estimate of drug-likeness (QED) is 0.121. The number of nitrogens with zero attached hydrogens (tertiary/aromatic N) is 1. The number of carbonyl (C=O) groups excluding carboxylic acids is 3. The van der Waals surface area contributed by atoms with Crippen molar-refractivity contribution in [2.75, 3.05) is 5.75 Å². The standard InChI is InChI=1S/C38H30N2O4S3/c41-32(23-25-11-4-1-5-12-25)39-33-36(42)40-34(38(43)44-35(27-13-6-2-7-14-27)28-15-8-3-9-16-28)31(24-46-37(33)40)47-29-20-18-26(19-21-29)30-17-10-22-45-30/h1-22,33,35,37H,23-24H2,(H,39,41)/t33-,37-/m1/s1. The molecule has 2 aliphatic rings. The van der Waals surface area contributed by atoms with E-state index in [1.807, 2.05) is 109 Å². The van der Waals surface area contributed by atoms with Gasteiger partial charge < -0.3 is 10.1 Å². The van der Waals surface area contributed by atoms with Gasteiger partial charge in [0, 0.05) is 20.4 Å². The van der Waals surface area contributed by atoms with Gasteiger partial charge in [0.25, 0.3) is 5.91 Å². The van der Waals surface area contributed by atoms with Gasteiger partial charge in [-0.05, 0) is 45.8 Å². The third-order valence-corrected chi connectivity index (χ3v) is 11.5. The molecule has 0 saturated carbocycles. The first kappa shape index (κ1) is 31.1. The van der Waals surface area contributed by atoms with Gasteiger partial charge >= 0.3 is 5.97 Å². The number of amides is 2. The normalized spacial score (nSPS) is 17.2. The molecule has 4 aromatic carbocycles. The minimum Gasteiger partial charge on any atom is -0.448 e. The van der Waals surface area contributed by atoms with Crippen molar-refractivity contribution in [3.63, 3.8) is 0 Å². The first-order valence-electron chi connectivity index (χ1n) is 15.2. The zero-order valence-electron chi connectivity index (χ0n) is 25.2. The Morgan fingerprint density at radius 2 is 1.47 bits per heavy atom. The van der Waals surface area contributed by atoms with E-state index in [4.69, 9.17) is 4.74 Å². The van der Waals surface area contributed by atoms with Crippen LogP contribution in [-0.4, -0.2) is 39.9 Å². The van der Waals surface area contributed by atoms with Gasteiger partial charge in [0.1, 0.15) is 17.1 Å². The average molecular weight is 675 g/mol. The fourth-order valence-electron chi connectivity index (χ4n) is 5.68. The summed E-state index contributed by atoms with van der Waals surface area (Å²) in [7, 11) is 0. The number of esters is 1. The van der Waals surface area contributed by atoms with Crippen molar-refractivity contribution in [2.45, 2.75) is 28.8 Å². The Balaban J connectivity index is 1.18. The third-order valence-electron chi connectivity index (χ3n) is 7.98. The molecular formula is C38H30N2O4S3. The fraction of sp³-hybridized carbons (Fsp3) is 0.132. The van der Waals surface area contributed by atoms with Crippen molar-refractivity contribution in [3.05, 3.63) is 160 Å². The number of ether oxygens (including phenoxy) is 1. The molecule has 2 amide bonds. The van der Waals surface area contributed by atoms with Crippen LogP contribution in [0.15, 0.2) is 148 Å². The van der Waals surface area contributed by atoms with Crippen LogP contribution in [0.5, 0.6) is 0 Å². The second-order valence-electron chi connectivity index (χ2n) is 11.1. The van der Waals surface area contributed by atoms with Crippen molar-refractivity contribution >= 4 is 52.6 Å². The first-order chi connectivity index (χ1) is 23.0. The van der Waals surface area contributed by atoms with Crippen LogP contribution in [0.3, 0.4) is 0 Å². The molecule has 1 saturated heterocycles. The highest BCUT2D eigenvalue weighted by Crippen LogP contribution is 2.46. The Morgan fingerprint density at radius 3 is 2.09 bits per heavy atom. The van der Waals surface area contributed by atoms with Gasteiger partial charge in [-0.2, -0.15) is 0 Å². The number of rotatable bonds is 10. The molecular weight excluding hydrogens is 645 g/mol. The number of β-lactam (4-membered cyclic amide) rings is 1. The summed E-state index contributed by atoms with van der Waals surface area (Å²) in [6.07, 6.45) is -0.495. The monoisotopic (exact) mass is 674 g/mol. The lowest BCUT2D eigenvalue weighted by Crippen LogP contribution is -2.70. The highest BCUT2D eigenvalue weighted by atomic mass is 32.2. The van der Waals surface area contributed by atoms with Gasteiger partial charge in [0.15, 0.2) is 6.10 Å². The summed E-state index contributed by atoms with van der Waals surface area (Å²) in [5.41, 5.74) is 3.88. The largest absolute Gasteiger partial charge is 0.448 e. The molecule has 0 spiro atoms. The molecule has 47 heavy (non-hydrogen) atoms. The maximum Gasteiger partial charge on any atom is 0.356 e. The number of nitrogens with one attached hydrogen (secondary N) is 1. The van der Waals surface area contributed by atoms with Crippen LogP contribution in [0, 0.1) is 0 Å². The van der Waals surface area contributed by atoms with Gasteiger partial charge in [0.05, 0.1) is 6.42 Å². The van der Waals surface area contributed by atoms with Gasteiger partial charge in [-0.1, -0.05) is 121 Å². The molecule has 2 aliphatic heterocycles. The van der Waals surface area contributed by atoms with E-state index < -0.39 is 23.5 Å². The average Bonchev–Trinajstić information content (AvgIpc) is 3.66. The van der Waals surface area contributed by atoms with Crippen LogP contribution >= 0.6 is 34.9 Å². The Labute approximate surface area is 285 Å². The van der Waals surface area contributed by atoms with Crippen molar-refractivity contribution in [1.82, 2.24) is 10.2 Å². The van der Waals surface area contributed by atoms with Crippen molar-refractivity contribution in [3.8, 4) is 10.4 Å². The molecule has 1 fully saturated rings. The summed E-state index contributed by atoms with van der Waals surface area (Å²) in [4.78, 5) is 45.3. The number of hydrogen-bond donors (Lipinski definition) is 1. The molecule has 234 valence electrons. The number of carbonyl (C=O) groups is 3. The van der Waals surface area contributed by atoms with E-state index in [1.54, 1.807) is 11.3 Å². The number of benzene rings is 4. The molecule has 9 heteroatoms. The van der Waals surface area contributed by atoms with Crippen molar-refractivity contribution < 1.29 is 19.1 Å². The van der Waals surface area contributed by atoms with E-state index in [-0.39, 0.29) is 23.9 Å². The maximum atomic E-state index is 14.3. The summed E-state index contributed by atoms with van der Waals surface area (Å²) in [5, 5.41) is 4.56. The third kappa shape index (κ3) is 6.79. The molecule has 0 radical (unpaired) electrons. The highest BCUT2D eigenvalue weighted by molar-refractivity contribution is 8.06. The minimum absolute atomic E-state index is 0.172. The van der Waals surface area contributed by atoms with Crippen molar-refractivity contribution in [2.24, 2.45) is 0 Å². The fourth-order valence-corrected chi connectivity index (χ4v) is 8.89. The van der Waals surface area contributed by atoms with Crippen LogP contribution in [-0.2, 0) is 25.5 Å². The van der Waals surface area contributed by atoms with Crippen LogP contribution in [0.4, 0.5) is 0 Å². The summed E-state index contributed by atoms with van der Waals surface area (Å²) < 4.78 is 6.30.